The molecule has 0 N–H and O–H groups in total. The van der Waals surface area contributed by atoms with Crippen LogP contribution in [-0.2, 0) is 9.59 Å². The van der Waals surface area contributed by atoms with Gasteiger partial charge < -0.3 is 4.90 Å². The number of benzene rings is 1. The van der Waals surface area contributed by atoms with Crippen LogP contribution in [0.15, 0.2) is 12.1 Å². The zero-order valence-electron chi connectivity index (χ0n) is 9.47. The van der Waals surface area contributed by atoms with E-state index in [1.165, 1.54) is 17.0 Å². The molecule has 0 atom stereocenters. The average molecular weight is 269 g/mol. The molecular weight excluding hydrogens is 260 g/mol. The van der Waals surface area contributed by atoms with Crippen LogP contribution < -0.4 is 4.90 Å². The fourth-order valence-electron chi connectivity index (χ4n) is 1.89. The zero-order chi connectivity index (χ0) is 13.4. The van der Waals surface area contributed by atoms with Crippen LogP contribution in [0, 0.1) is 17.0 Å². The standard InChI is InChI=1S/C11H9ClN2O4/c1-6-2-10(14(17)18)8(12)4-9(6)13-5-7(15)3-11(13)16/h2,4H,3,5H2,1H3. The lowest BCUT2D eigenvalue weighted by Crippen LogP contribution is -2.25. The molecule has 2 rings (SSSR count). The Kier molecular flexibility index (Phi) is 3.04. The summed E-state index contributed by atoms with van der Waals surface area (Å²) in [5.41, 5.74) is 0.770. The number of ketones is 1. The van der Waals surface area contributed by atoms with Crippen molar-refractivity contribution in [2.45, 2.75) is 13.3 Å². The van der Waals surface area contributed by atoms with E-state index in [1.807, 2.05) is 0 Å². The molecule has 0 radical (unpaired) electrons. The van der Waals surface area contributed by atoms with Crippen molar-refractivity contribution < 1.29 is 14.5 Å². The lowest BCUT2D eigenvalue weighted by molar-refractivity contribution is -0.384. The SMILES string of the molecule is Cc1cc([N+](=O)[O-])c(Cl)cc1N1CC(=O)CC1=O. The van der Waals surface area contributed by atoms with E-state index in [0.29, 0.717) is 11.3 Å². The number of hydrogen-bond acceptors (Lipinski definition) is 4. The van der Waals surface area contributed by atoms with Crippen LogP contribution in [0.1, 0.15) is 12.0 Å². The van der Waals surface area contributed by atoms with Gasteiger partial charge in [0.05, 0.1) is 17.9 Å². The van der Waals surface area contributed by atoms with Crippen molar-refractivity contribution in [1.82, 2.24) is 0 Å². The number of anilines is 1. The lowest BCUT2D eigenvalue weighted by atomic mass is 10.1. The summed E-state index contributed by atoms with van der Waals surface area (Å²) in [7, 11) is 0. The smallest absolute Gasteiger partial charge is 0.288 e. The Morgan fingerprint density at radius 2 is 2.06 bits per heavy atom. The van der Waals surface area contributed by atoms with E-state index in [9.17, 15) is 19.7 Å². The topological polar surface area (TPSA) is 80.5 Å². The van der Waals surface area contributed by atoms with Gasteiger partial charge in [0.1, 0.15) is 5.02 Å². The molecule has 0 saturated carbocycles. The van der Waals surface area contributed by atoms with Crippen LogP contribution >= 0.6 is 11.6 Å². The Morgan fingerprint density at radius 1 is 1.39 bits per heavy atom. The minimum Gasteiger partial charge on any atom is -0.304 e. The Bertz CT molecular complexity index is 570. The van der Waals surface area contributed by atoms with Crippen molar-refractivity contribution in [2.24, 2.45) is 0 Å². The second-order valence-corrected chi connectivity index (χ2v) is 4.45. The zero-order valence-corrected chi connectivity index (χ0v) is 10.2. The van der Waals surface area contributed by atoms with Gasteiger partial charge in [0.25, 0.3) is 5.69 Å². The van der Waals surface area contributed by atoms with Crippen LogP contribution in [0.5, 0.6) is 0 Å². The maximum Gasteiger partial charge on any atom is 0.288 e. The molecule has 0 unspecified atom stereocenters. The molecule has 1 heterocycles. The molecule has 1 saturated heterocycles. The third kappa shape index (κ3) is 2.06. The fourth-order valence-corrected chi connectivity index (χ4v) is 2.12. The number of hydrogen-bond donors (Lipinski definition) is 0. The molecule has 94 valence electrons. The van der Waals surface area contributed by atoms with Crippen molar-refractivity contribution in [3.05, 3.63) is 32.8 Å². The molecule has 0 aromatic heterocycles. The van der Waals surface area contributed by atoms with Crippen LogP contribution in [0.2, 0.25) is 5.02 Å². The number of nitrogens with zero attached hydrogens (tertiary/aromatic N) is 2. The number of Topliss-reactive ketones (excluding diaryl/α,β-unsaturated/α-hetero) is 1. The third-order valence-corrected chi connectivity index (χ3v) is 3.04. The number of carbonyl (C=O) groups is 2. The van der Waals surface area contributed by atoms with Crippen molar-refractivity contribution >= 4 is 34.7 Å². The second-order valence-electron chi connectivity index (χ2n) is 4.04. The minimum absolute atomic E-state index is 0.00614. The van der Waals surface area contributed by atoms with Crippen molar-refractivity contribution in [2.75, 3.05) is 11.4 Å². The highest BCUT2D eigenvalue weighted by atomic mass is 35.5. The molecule has 18 heavy (non-hydrogen) atoms. The number of nitro benzene ring substituents is 1. The summed E-state index contributed by atoms with van der Waals surface area (Å²) in [4.78, 5) is 34.2. The minimum atomic E-state index is -0.587. The Labute approximate surface area is 107 Å². The molecular formula is C11H9ClN2O4. The van der Waals surface area contributed by atoms with E-state index in [4.69, 9.17) is 11.6 Å². The first kappa shape index (κ1) is 12.5. The normalized spacial score (nSPS) is 15.3. The molecule has 1 amide bonds. The molecule has 1 aromatic rings. The van der Waals surface area contributed by atoms with Crippen LogP contribution in [0.4, 0.5) is 11.4 Å². The van der Waals surface area contributed by atoms with Gasteiger partial charge in [-0.15, -0.1) is 0 Å². The molecule has 1 aromatic carbocycles. The summed E-state index contributed by atoms with van der Waals surface area (Å²) in [5, 5.41) is 10.7. The van der Waals surface area contributed by atoms with Crippen LogP contribution in [-0.4, -0.2) is 23.2 Å². The van der Waals surface area contributed by atoms with Gasteiger partial charge in [-0.2, -0.15) is 0 Å². The van der Waals surface area contributed by atoms with Gasteiger partial charge in [0, 0.05) is 11.8 Å². The Balaban J connectivity index is 2.47. The molecule has 7 heteroatoms. The molecule has 1 fully saturated rings. The molecule has 1 aliphatic rings. The Hall–Kier alpha value is -1.95. The fraction of sp³-hybridized carbons (Fsp3) is 0.273. The summed E-state index contributed by atoms with van der Waals surface area (Å²) in [5.74, 6) is -0.484. The van der Waals surface area contributed by atoms with Gasteiger partial charge in [-0.25, -0.2) is 0 Å². The number of amides is 1. The maximum absolute atomic E-state index is 11.6. The highest BCUT2D eigenvalue weighted by Crippen LogP contribution is 2.33. The van der Waals surface area contributed by atoms with E-state index in [1.54, 1.807) is 6.92 Å². The average Bonchev–Trinajstić information content (AvgIpc) is 2.60. The van der Waals surface area contributed by atoms with Gasteiger partial charge in [-0.05, 0) is 18.6 Å². The van der Waals surface area contributed by atoms with Crippen molar-refractivity contribution in [1.29, 1.82) is 0 Å². The molecule has 1 aliphatic heterocycles. The third-order valence-electron chi connectivity index (χ3n) is 2.74. The van der Waals surface area contributed by atoms with Gasteiger partial charge in [-0.3, -0.25) is 19.7 Å². The Morgan fingerprint density at radius 3 is 2.56 bits per heavy atom. The first-order valence-electron chi connectivity index (χ1n) is 5.16. The predicted octanol–water partition coefficient (Wildman–Crippen LogP) is 1.86. The van der Waals surface area contributed by atoms with Crippen LogP contribution in [0.25, 0.3) is 0 Å². The maximum atomic E-state index is 11.6. The van der Waals surface area contributed by atoms with Crippen LogP contribution in [0.3, 0.4) is 0 Å². The van der Waals surface area contributed by atoms with Gasteiger partial charge in [0.2, 0.25) is 5.91 Å². The van der Waals surface area contributed by atoms with Gasteiger partial charge in [0.15, 0.2) is 5.78 Å². The van der Waals surface area contributed by atoms with E-state index in [2.05, 4.69) is 0 Å². The summed E-state index contributed by atoms with van der Waals surface area (Å²) in [6, 6.07) is 2.65. The van der Waals surface area contributed by atoms with E-state index >= 15 is 0 Å². The van der Waals surface area contributed by atoms with E-state index in [0.717, 1.165) is 0 Å². The summed E-state index contributed by atoms with van der Waals surface area (Å²) < 4.78 is 0. The highest BCUT2D eigenvalue weighted by Gasteiger charge is 2.30. The summed E-state index contributed by atoms with van der Waals surface area (Å²) >= 11 is 5.79. The first-order chi connectivity index (χ1) is 8.40. The molecule has 0 aliphatic carbocycles. The number of aryl methyl sites for hydroxylation is 1. The van der Waals surface area contributed by atoms with Crippen molar-refractivity contribution in [3.63, 3.8) is 0 Å². The number of rotatable bonds is 2. The molecule has 0 spiro atoms. The summed E-state index contributed by atoms with van der Waals surface area (Å²) in [6.45, 7) is 1.63. The number of carbonyl (C=O) groups excluding carboxylic acids is 2. The second kappa shape index (κ2) is 4.38. The highest BCUT2D eigenvalue weighted by molar-refractivity contribution is 6.33. The largest absolute Gasteiger partial charge is 0.304 e. The monoisotopic (exact) mass is 268 g/mol. The molecule has 0 bridgehead atoms. The predicted molar refractivity (Wildman–Crippen MR) is 64.8 cm³/mol. The van der Waals surface area contributed by atoms with Gasteiger partial charge in [-0.1, -0.05) is 11.6 Å². The lowest BCUT2D eigenvalue weighted by Gasteiger charge is -2.17. The quantitative estimate of drug-likeness (QED) is 0.466. The summed E-state index contributed by atoms with van der Waals surface area (Å²) in [6.07, 6.45) is -0.131. The number of halogens is 1. The number of nitro groups is 1. The van der Waals surface area contributed by atoms with Crippen molar-refractivity contribution in [3.8, 4) is 0 Å². The van der Waals surface area contributed by atoms with Gasteiger partial charge >= 0.3 is 0 Å². The van der Waals surface area contributed by atoms with E-state index in [-0.39, 0.29) is 35.4 Å². The molecule has 6 nitrogen and oxygen atoms in total. The first-order valence-corrected chi connectivity index (χ1v) is 5.54. The van der Waals surface area contributed by atoms with E-state index < -0.39 is 4.92 Å².